The van der Waals surface area contributed by atoms with Gasteiger partial charge in [0.15, 0.2) is 5.69 Å². The number of carbonyl (C=O) groups is 1. The summed E-state index contributed by atoms with van der Waals surface area (Å²) in [5.41, 5.74) is 7.63. The number of aromatic nitrogens is 3. The molecule has 0 saturated heterocycles. The zero-order chi connectivity index (χ0) is 17.5. The van der Waals surface area contributed by atoms with Gasteiger partial charge in [-0.2, -0.15) is 0 Å². The van der Waals surface area contributed by atoms with Crippen molar-refractivity contribution in [3.8, 4) is 5.69 Å². The van der Waals surface area contributed by atoms with Crippen LogP contribution in [0.4, 0.5) is 0 Å². The number of nitrogens with two attached hydrogens (primary N) is 1. The number of benzene rings is 1. The molecule has 25 heavy (non-hydrogen) atoms. The molecule has 1 unspecified atom stereocenters. The first-order valence-electron chi connectivity index (χ1n) is 8.32. The molecule has 3 N–H and O–H groups in total. The van der Waals surface area contributed by atoms with E-state index in [-0.39, 0.29) is 24.4 Å². The van der Waals surface area contributed by atoms with Gasteiger partial charge < -0.3 is 11.1 Å². The lowest BCUT2D eigenvalue weighted by Crippen LogP contribution is -2.40. The number of rotatable bonds is 8. The molecule has 1 atom stereocenters. The number of halogens is 2. The van der Waals surface area contributed by atoms with Crippen molar-refractivity contribution in [2.75, 3.05) is 6.54 Å². The number of carbonyl (C=O) groups excluding carboxylic acids is 1. The predicted molar refractivity (Wildman–Crippen MR) is 103 cm³/mol. The van der Waals surface area contributed by atoms with E-state index in [1.54, 1.807) is 16.8 Å². The van der Waals surface area contributed by atoms with Crippen molar-refractivity contribution in [3.05, 3.63) is 40.7 Å². The van der Waals surface area contributed by atoms with Gasteiger partial charge in [-0.15, -0.1) is 17.5 Å². The number of hydrogen-bond acceptors (Lipinski definition) is 4. The first kappa shape index (κ1) is 21.4. The molecule has 0 saturated carbocycles. The van der Waals surface area contributed by atoms with Crippen molar-refractivity contribution >= 4 is 29.9 Å². The molecule has 2 rings (SSSR count). The van der Waals surface area contributed by atoms with Crippen LogP contribution in [0.2, 0.25) is 5.02 Å². The van der Waals surface area contributed by atoms with Gasteiger partial charge in [0.1, 0.15) is 0 Å². The Morgan fingerprint density at radius 3 is 2.76 bits per heavy atom. The summed E-state index contributed by atoms with van der Waals surface area (Å²) >= 11 is 6.04. The second-order valence-corrected chi connectivity index (χ2v) is 6.11. The largest absolute Gasteiger partial charge is 0.347 e. The Morgan fingerprint density at radius 2 is 2.16 bits per heavy atom. The molecule has 8 heteroatoms. The lowest BCUT2D eigenvalue weighted by atomic mass is 10.1. The lowest BCUT2D eigenvalue weighted by molar-refractivity contribution is 0.0929. The first-order valence-corrected chi connectivity index (χ1v) is 8.69. The van der Waals surface area contributed by atoms with Gasteiger partial charge in [-0.25, -0.2) is 4.68 Å². The average molecular weight is 386 g/mol. The Morgan fingerprint density at radius 1 is 1.40 bits per heavy atom. The summed E-state index contributed by atoms with van der Waals surface area (Å²) < 4.78 is 1.66. The third kappa shape index (κ3) is 5.42. The third-order valence-electron chi connectivity index (χ3n) is 3.89. The second kappa shape index (κ2) is 10.4. The number of nitrogens with one attached hydrogen (secondary N) is 1. The SMILES string of the molecule is CCCCC(CN)NC(=O)c1nnn(-c2cccc(Cl)c2)c1CC.Cl. The van der Waals surface area contributed by atoms with E-state index in [9.17, 15) is 4.79 Å². The molecule has 0 bridgehead atoms. The summed E-state index contributed by atoms with van der Waals surface area (Å²) in [6.45, 7) is 4.49. The minimum Gasteiger partial charge on any atom is -0.347 e. The number of nitrogens with zero attached hydrogens (tertiary/aromatic N) is 3. The zero-order valence-corrected chi connectivity index (χ0v) is 16.1. The van der Waals surface area contributed by atoms with Crippen molar-refractivity contribution in [2.24, 2.45) is 5.73 Å². The maximum absolute atomic E-state index is 12.6. The molecule has 1 aromatic heterocycles. The smallest absolute Gasteiger partial charge is 0.274 e. The third-order valence-corrected chi connectivity index (χ3v) is 4.13. The molecule has 0 aliphatic heterocycles. The molecule has 1 aromatic carbocycles. The Kier molecular flexibility index (Phi) is 8.89. The van der Waals surface area contributed by atoms with Gasteiger partial charge in [0.05, 0.1) is 11.4 Å². The van der Waals surface area contributed by atoms with Crippen LogP contribution in [0.25, 0.3) is 5.69 Å². The molecule has 0 fully saturated rings. The normalized spacial score (nSPS) is 11.7. The minimum atomic E-state index is -0.230. The molecule has 6 nitrogen and oxygen atoms in total. The van der Waals surface area contributed by atoms with E-state index < -0.39 is 0 Å². The summed E-state index contributed by atoms with van der Waals surface area (Å²) in [4.78, 5) is 12.6. The Hall–Kier alpha value is -1.63. The quantitative estimate of drug-likeness (QED) is 0.730. The maximum Gasteiger partial charge on any atom is 0.274 e. The van der Waals surface area contributed by atoms with Crippen molar-refractivity contribution in [3.63, 3.8) is 0 Å². The number of hydrogen-bond donors (Lipinski definition) is 2. The van der Waals surface area contributed by atoms with Crippen LogP contribution in [0.1, 0.15) is 49.3 Å². The molecule has 0 aliphatic rings. The summed E-state index contributed by atoms with van der Waals surface area (Å²) in [7, 11) is 0. The first-order chi connectivity index (χ1) is 11.6. The summed E-state index contributed by atoms with van der Waals surface area (Å²) in [5.74, 6) is -0.230. The molecular weight excluding hydrogens is 361 g/mol. The van der Waals surface area contributed by atoms with E-state index in [4.69, 9.17) is 17.3 Å². The van der Waals surface area contributed by atoms with E-state index in [1.165, 1.54) is 0 Å². The average Bonchev–Trinajstić information content (AvgIpc) is 3.02. The number of unbranched alkanes of at least 4 members (excludes halogenated alkanes) is 1. The van der Waals surface area contributed by atoms with Gasteiger partial charge in [-0.05, 0) is 31.0 Å². The van der Waals surface area contributed by atoms with Crippen molar-refractivity contribution in [1.82, 2.24) is 20.3 Å². The van der Waals surface area contributed by atoms with Crippen LogP contribution >= 0.6 is 24.0 Å². The highest BCUT2D eigenvalue weighted by atomic mass is 35.5. The van der Waals surface area contributed by atoms with Gasteiger partial charge in [0, 0.05) is 17.6 Å². The second-order valence-electron chi connectivity index (χ2n) is 5.68. The molecule has 138 valence electrons. The van der Waals surface area contributed by atoms with Crippen molar-refractivity contribution in [2.45, 2.75) is 45.6 Å². The van der Waals surface area contributed by atoms with E-state index in [0.717, 1.165) is 30.6 Å². The van der Waals surface area contributed by atoms with Crippen LogP contribution in [0.5, 0.6) is 0 Å². The summed E-state index contributed by atoms with van der Waals surface area (Å²) in [6.07, 6.45) is 3.59. The van der Waals surface area contributed by atoms with E-state index >= 15 is 0 Å². The molecule has 0 radical (unpaired) electrons. The maximum atomic E-state index is 12.6. The van der Waals surface area contributed by atoms with Gasteiger partial charge in [0.25, 0.3) is 5.91 Å². The molecule has 1 amide bonds. The van der Waals surface area contributed by atoms with Crippen LogP contribution in [0, 0.1) is 0 Å². The number of amides is 1. The van der Waals surface area contributed by atoms with E-state index in [2.05, 4.69) is 22.6 Å². The van der Waals surface area contributed by atoms with Gasteiger partial charge in [-0.1, -0.05) is 49.6 Å². The molecule has 1 heterocycles. The van der Waals surface area contributed by atoms with Crippen LogP contribution in [0.15, 0.2) is 24.3 Å². The highest BCUT2D eigenvalue weighted by molar-refractivity contribution is 6.30. The fourth-order valence-corrected chi connectivity index (χ4v) is 2.75. The topological polar surface area (TPSA) is 85.8 Å². The lowest BCUT2D eigenvalue weighted by Gasteiger charge is -2.16. The molecule has 2 aromatic rings. The highest BCUT2D eigenvalue weighted by Crippen LogP contribution is 2.18. The minimum absolute atomic E-state index is 0. The molecule has 0 spiro atoms. The van der Waals surface area contributed by atoms with Gasteiger partial charge >= 0.3 is 0 Å². The summed E-state index contributed by atoms with van der Waals surface area (Å²) in [5, 5.41) is 11.8. The molecule has 0 aliphatic carbocycles. The highest BCUT2D eigenvalue weighted by Gasteiger charge is 2.21. The summed E-state index contributed by atoms with van der Waals surface area (Å²) in [6, 6.07) is 7.26. The fraction of sp³-hybridized carbons (Fsp3) is 0.471. The van der Waals surface area contributed by atoms with Gasteiger partial charge in [0.2, 0.25) is 0 Å². The zero-order valence-electron chi connectivity index (χ0n) is 14.5. The predicted octanol–water partition coefficient (Wildman–Crippen LogP) is 3.15. The van der Waals surface area contributed by atoms with Crippen molar-refractivity contribution < 1.29 is 4.79 Å². The van der Waals surface area contributed by atoms with Crippen LogP contribution in [-0.4, -0.2) is 33.5 Å². The van der Waals surface area contributed by atoms with Crippen LogP contribution < -0.4 is 11.1 Å². The fourth-order valence-electron chi connectivity index (χ4n) is 2.56. The van der Waals surface area contributed by atoms with E-state index in [0.29, 0.717) is 23.7 Å². The van der Waals surface area contributed by atoms with E-state index in [1.807, 2.05) is 19.1 Å². The van der Waals surface area contributed by atoms with Gasteiger partial charge in [-0.3, -0.25) is 4.79 Å². The monoisotopic (exact) mass is 385 g/mol. The van der Waals surface area contributed by atoms with Crippen LogP contribution in [0.3, 0.4) is 0 Å². The Bertz CT molecular complexity index is 689. The molecular formula is C17H25Cl2N5O. The standard InChI is InChI=1S/C17H24ClN5O.ClH/c1-3-5-8-13(11-19)20-17(24)16-15(4-2)23(22-21-16)14-9-6-7-12(18)10-14;/h6-7,9-10,13H,3-5,8,11,19H2,1-2H3,(H,20,24);1H. The Balaban J connectivity index is 0.00000312. The van der Waals surface area contributed by atoms with Crippen molar-refractivity contribution in [1.29, 1.82) is 0 Å². The Labute approximate surface area is 159 Å². The van der Waals surface area contributed by atoms with Crippen LogP contribution in [-0.2, 0) is 6.42 Å².